The van der Waals surface area contributed by atoms with E-state index in [9.17, 15) is 24.3 Å². The van der Waals surface area contributed by atoms with Gasteiger partial charge >= 0.3 is 5.97 Å². The first-order valence-electron chi connectivity index (χ1n) is 12.5. The molecule has 2 aliphatic rings. The number of hydrogen-bond acceptors (Lipinski definition) is 9. The lowest BCUT2D eigenvalue weighted by Crippen LogP contribution is -2.71. The van der Waals surface area contributed by atoms with Gasteiger partial charge in [0, 0.05) is 39.9 Å². The fourth-order valence-corrected chi connectivity index (χ4v) is 8.14. The Balaban J connectivity index is 1.31. The van der Waals surface area contributed by atoms with Crippen molar-refractivity contribution >= 4 is 93.8 Å². The Bertz CT molecular complexity index is 1430. The highest BCUT2D eigenvalue weighted by Gasteiger charge is 2.52. The lowest BCUT2D eigenvalue weighted by Gasteiger charge is -2.50. The van der Waals surface area contributed by atoms with Crippen LogP contribution in [-0.2, 0) is 25.7 Å². The molecular weight excluding hydrogens is 667 g/mol. The van der Waals surface area contributed by atoms with E-state index in [0.717, 1.165) is 16.7 Å². The van der Waals surface area contributed by atoms with Crippen LogP contribution in [0.1, 0.15) is 12.8 Å². The molecule has 4 N–H and O–H groups in total. The molecule has 1 aromatic heterocycles. The van der Waals surface area contributed by atoms with Crippen LogP contribution < -0.4 is 20.7 Å². The van der Waals surface area contributed by atoms with Crippen LogP contribution in [0.3, 0.4) is 0 Å². The lowest BCUT2D eigenvalue weighted by molar-refractivity contribution is -0.697. The van der Waals surface area contributed by atoms with Crippen molar-refractivity contribution in [3.63, 3.8) is 0 Å². The zero-order valence-electron chi connectivity index (χ0n) is 21.8. The number of carboxylic acids is 2. The minimum atomic E-state index is -1.44. The maximum atomic E-state index is 12.9. The van der Waals surface area contributed by atoms with Gasteiger partial charge in [-0.25, -0.2) is 4.57 Å². The number of thioether (sulfide) groups is 3. The van der Waals surface area contributed by atoms with Crippen LogP contribution in [-0.4, -0.2) is 68.5 Å². The standard InChI is InChI=1S/C26H25Cl3N4O6S3/c27-15-8-17(29)19(9-16(15)28)41-12-20(34)31-21-23(35)33-22(26(38)39)13(11-42-24(21)33)10-40-14-3-6-32(7-4-14)5-1-2-18(30)25(36)37/h3-4,6-9,18,21,24H,1-2,5,10-12,30H2,(H2-,31,34,36,37,38,39)/t18-,21+,24+/m0/s1. The molecule has 2 aliphatic heterocycles. The number of amides is 2. The van der Waals surface area contributed by atoms with Gasteiger partial charge in [0.15, 0.2) is 12.4 Å². The maximum Gasteiger partial charge on any atom is 0.320 e. The van der Waals surface area contributed by atoms with E-state index in [4.69, 9.17) is 45.6 Å². The van der Waals surface area contributed by atoms with Crippen LogP contribution in [0.2, 0.25) is 15.1 Å². The van der Waals surface area contributed by atoms with Crippen molar-refractivity contribution in [3.8, 4) is 0 Å². The molecule has 10 nitrogen and oxygen atoms in total. The number of nitrogens with one attached hydrogen (secondary N) is 1. The summed E-state index contributed by atoms with van der Waals surface area (Å²) in [5, 5.41) is 24.0. The van der Waals surface area contributed by atoms with E-state index in [2.05, 4.69) is 5.32 Å². The molecule has 3 atom stereocenters. The van der Waals surface area contributed by atoms with Gasteiger partial charge < -0.3 is 26.1 Å². The Hall–Kier alpha value is -2.13. The number of aromatic nitrogens is 1. The van der Waals surface area contributed by atoms with Gasteiger partial charge in [0.2, 0.25) is 5.91 Å². The molecule has 0 aliphatic carbocycles. The molecule has 42 heavy (non-hydrogen) atoms. The van der Waals surface area contributed by atoms with Gasteiger partial charge in [-0.05, 0) is 24.1 Å². The van der Waals surface area contributed by atoms with Crippen molar-refractivity contribution in [1.82, 2.24) is 10.2 Å². The lowest BCUT2D eigenvalue weighted by atomic mass is 10.0. The second kappa shape index (κ2) is 14.6. The molecular formula is C26H25Cl3N4O6S3. The number of aryl methyl sites for hydroxylation is 1. The molecule has 0 unspecified atom stereocenters. The SMILES string of the molecule is N[C@@H](CCC[n+]1ccc(SCC2=C(C(=O)[O-])N3C(=O)[C@@H](NC(=O)CSc4cc(Cl)c(Cl)cc4Cl)[C@H]3SC2)cc1)C(=O)O. The van der Waals surface area contributed by atoms with Crippen LogP contribution in [0.25, 0.3) is 0 Å². The molecule has 224 valence electrons. The number of nitrogens with two attached hydrogens (primary N) is 1. The van der Waals surface area contributed by atoms with E-state index in [-0.39, 0.29) is 11.4 Å². The third-order valence-electron chi connectivity index (χ3n) is 6.41. The van der Waals surface area contributed by atoms with Crippen LogP contribution >= 0.6 is 70.1 Å². The van der Waals surface area contributed by atoms with Crippen molar-refractivity contribution in [1.29, 1.82) is 0 Å². The number of benzene rings is 1. The minimum absolute atomic E-state index is 0.0309. The molecule has 0 bridgehead atoms. The van der Waals surface area contributed by atoms with Crippen LogP contribution in [0.5, 0.6) is 0 Å². The number of carbonyl (C=O) groups excluding carboxylic acids is 3. The first-order valence-corrected chi connectivity index (χ1v) is 16.7. The quantitative estimate of drug-likeness (QED) is 0.123. The van der Waals surface area contributed by atoms with Gasteiger partial charge in [-0.2, -0.15) is 0 Å². The number of β-lactam (4-membered cyclic amide) rings is 1. The Morgan fingerprint density at radius 3 is 2.52 bits per heavy atom. The molecule has 1 saturated heterocycles. The van der Waals surface area contributed by atoms with E-state index in [0.29, 0.717) is 56.4 Å². The van der Waals surface area contributed by atoms with Crippen molar-refractivity contribution in [3.05, 3.63) is 63.0 Å². The largest absolute Gasteiger partial charge is 0.543 e. The van der Waals surface area contributed by atoms with Crippen LogP contribution in [0.15, 0.2) is 57.7 Å². The van der Waals surface area contributed by atoms with Gasteiger partial charge in [-0.1, -0.05) is 34.8 Å². The minimum Gasteiger partial charge on any atom is -0.543 e. The second-order valence-corrected chi connectivity index (χ2v) is 13.7. The van der Waals surface area contributed by atoms with Gasteiger partial charge in [0.1, 0.15) is 24.0 Å². The Kier molecular flexibility index (Phi) is 11.4. The summed E-state index contributed by atoms with van der Waals surface area (Å²) >= 11 is 22.1. The molecule has 0 spiro atoms. The average molecular weight is 692 g/mol. The maximum absolute atomic E-state index is 12.9. The summed E-state index contributed by atoms with van der Waals surface area (Å²) in [6, 6.07) is 5.06. The molecule has 3 heterocycles. The predicted octanol–water partition coefficient (Wildman–Crippen LogP) is 2.41. The molecule has 2 amide bonds. The van der Waals surface area contributed by atoms with E-state index >= 15 is 0 Å². The summed E-state index contributed by atoms with van der Waals surface area (Å²) in [6.45, 7) is 0.612. The van der Waals surface area contributed by atoms with E-state index in [1.165, 1.54) is 34.5 Å². The first kappa shape index (κ1) is 32.8. The van der Waals surface area contributed by atoms with Crippen LogP contribution in [0, 0.1) is 0 Å². The van der Waals surface area contributed by atoms with E-state index < -0.39 is 41.2 Å². The Labute approximate surface area is 269 Å². The average Bonchev–Trinajstić information content (AvgIpc) is 2.95. The van der Waals surface area contributed by atoms with E-state index in [1.54, 1.807) is 6.07 Å². The van der Waals surface area contributed by atoms with Gasteiger partial charge in [0.25, 0.3) is 5.91 Å². The van der Waals surface area contributed by atoms with Gasteiger partial charge in [0.05, 0.1) is 32.5 Å². The second-order valence-electron chi connectivity index (χ2n) is 9.33. The summed E-state index contributed by atoms with van der Waals surface area (Å²) in [7, 11) is 0. The normalized spacial score (nSPS) is 18.8. The summed E-state index contributed by atoms with van der Waals surface area (Å²) in [5.74, 6) is -2.72. The number of carbonyl (C=O) groups is 4. The molecule has 1 aromatic carbocycles. The molecule has 2 aromatic rings. The third kappa shape index (κ3) is 7.87. The fraction of sp³-hybridized carbons (Fsp3) is 0.346. The third-order valence-corrected chi connectivity index (χ3v) is 11.1. The van der Waals surface area contributed by atoms with Gasteiger partial charge in [-0.15, -0.1) is 35.3 Å². The highest BCUT2D eigenvalue weighted by Crippen LogP contribution is 2.41. The molecule has 1 fully saturated rings. The molecule has 0 radical (unpaired) electrons. The number of nitrogens with zero attached hydrogens (tertiary/aromatic N) is 2. The number of carboxylic acid groups (broad SMARTS) is 2. The van der Waals surface area contributed by atoms with E-state index in [1.807, 2.05) is 29.1 Å². The summed E-state index contributed by atoms with van der Waals surface area (Å²) in [5.41, 5.74) is 5.94. The summed E-state index contributed by atoms with van der Waals surface area (Å²) < 4.78 is 1.91. The van der Waals surface area contributed by atoms with Crippen molar-refractivity contribution < 1.29 is 34.0 Å². The van der Waals surface area contributed by atoms with Gasteiger partial charge in [-0.3, -0.25) is 19.3 Å². The number of halogens is 3. The fourth-order valence-electron chi connectivity index (χ4n) is 4.23. The number of fused-ring (bicyclic) bond motifs is 1. The summed E-state index contributed by atoms with van der Waals surface area (Å²) in [6.07, 6.45) is 4.69. The monoisotopic (exact) mass is 690 g/mol. The highest BCUT2D eigenvalue weighted by atomic mass is 35.5. The zero-order valence-corrected chi connectivity index (χ0v) is 26.5. The number of rotatable bonds is 13. The Morgan fingerprint density at radius 2 is 1.86 bits per heavy atom. The number of pyridine rings is 1. The zero-order chi connectivity index (χ0) is 30.6. The first-order chi connectivity index (χ1) is 20.0. The number of hydrogen-bond donors (Lipinski definition) is 3. The summed E-state index contributed by atoms with van der Waals surface area (Å²) in [4.78, 5) is 51.1. The molecule has 16 heteroatoms. The molecule has 4 rings (SSSR count). The van der Waals surface area contributed by atoms with Crippen molar-refractivity contribution in [2.24, 2.45) is 5.73 Å². The Morgan fingerprint density at radius 1 is 1.17 bits per heavy atom. The smallest absolute Gasteiger partial charge is 0.320 e. The van der Waals surface area contributed by atoms with Crippen molar-refractivity contribution in [2.75, 3.05) is 17.3 Å². The molecule has 0 saturated carbocycles. The van der Waals surface area contributed by atoms with Crippen LogP contribution in [0.4, 0.5) is 0 Å². The topological polar surface area (TPSA) is 157 Å². The predicted molar refractivity (Wildman–Crippen MR) is 161 cm³/mol. The number of aliphatic carboxylic acids is 2. The van der Waals surface area contributed by atoms with Crippen molar-refractivity contribution in [2.45, 2.75) is 46.6 Å². The highest BCUT2D eigenvalue weighted by molar-refractivity contribution is 8.01.